The first-order chi connectivity index (χ1) is 8.85. The maximum Gasteiger partial charge on any atom is 0.285 e. The van der Waals surface area contributed by atoms with E-state index < -0.39 is 18.3 Å². The molecule has 0 saturated heterocycles. The second kappa shape index (κ2) is 6.56. The molecule has 19 heavy (non-hydrogen) atoms. The molecule has 1 aromatic carbocycles. The topological polar surface area (TPSA) is 32.3 Å². The van der Waals surface area contributed by atoms with Gasteiger partial charge in [-0.2, -0.15) is 8.78 Å². The quantitative estimate of drug-likeness (QED) is 0.860. The number of likely N-dealkylation sites (N-methyl/N-ethyl adjacent to an activating group) is 2. The Morgan fingerprint density at radius 1 is 1.32 bits per heavy atom. The van der Waals surface area contributed by atoms with Crippen LogP contribution in [0.25, 0.3) is 0 Å². The van der Waals surface area contributed by atoms with Crippen molar-refractivity contribution in [1.82, 2.24) is 10.2 Å². The number of rotatable bonds is 6. The van der Waals surface area contributed by atoms with Crippen molar-refractivity contribution in [2.75, 3.05) is 26.7 Å². The Kier molecular flexibility index (Phi) is 5.35. The van der Waals surface area contributed by atoms with E-state index in [-0.39, 0.29) is 18.0 Å². The van der Waals surface area contributed by atoms with Crippen molar-refractivity contribution in [1.29, 1.82) is 0 Å². The van der Waals surface area contributed by atoms with Crippen LogP contribution in [0.1, 0.15) is 12.5 Å². The fraction of sp³-hybridized carbons (Fsp3) is 0.462. The summed E-state index contributed by atoms with van der Waals surface area (Å²) in [5, 5.41) is 2.53. The maximum atomic E-state index is 13.9. The van der Waals surface area contributed by atoms with Crippen molar-refractivity contribution in [3.8, 4) is 0 Å². The summed E-state index contributed by atoms with van der Waals surface area (Å²) in [6.07, 6.45) is 0. The van der Waals surface area contributed by atoms with Crippen LogP contribution in [0.15, 0.2) is 24.3 Å². The summed E-state index contributed by atoms with van der Waals surface area (Å²) in [6, 6.07) is 4.09. The van der Waals surface area contributed by atoms with Crippen LogP contribution in [0.5, 0.6) is 0 Å². The average molecular weight is 274 g/mol. The van der Waals surface area contributed by atoms with E-state index >= 15 is 0 Å². The molecule has 0 aliphatic heterocycles. The molecule has 0 saturated carbocycles. The molecular formula is C13H17F3N2O. The summed E-state index contributed by atoms with van der Waals surface area (Å²) < 4.78 is 40.4. The predicted molar refractivity (Wildman–Crippen MR) is 66.5 cm³/mol. The van der Waals surface area contributed by atoms with Gasteiger partial charge < -0.3 is 5.32 Å². The van der Waals surface area contributed by atoms with Crippen LogP contribution < -0.4 is 5.32 Å². The van der Waals surface area contributed by atoms with Crippen molar-refractivity contribution >= 4 is 5.91 Å². The van der Waals surface area contributed by atoms with Gasteiger partial charge in [0.1, 0.15) is 5.82 Å². The van der Waals surface area contributed by atoms with Crippen molar-refractivity contribution < 1.29 is 18.0 Å². The molecule has 1 rings (SSSR count). The monoisotopic (exact) mass is 274 g/mol. The van der Waals surface area contributed by atoms with Gasteiger partial charge in [0.05, 0.1) is 13.1 Å². The predicted octanol–water partition coefficient (Wildman–Crippen LogP) is 1.99. The number of alkyl halides is 2. The molecule has 0 radical (unpaired) electrons. The van der Waals surface area contributed by atoms with Gasteiger partial charge >= 0.3 is 0 Å². The highest BCUT2D eigenvalue weighted by molar-refractivity contribution is 5.77. The Labute approximate surface area is 110 Å². The summed E-state index contributed by atoms with van der Waals surface area (Å²) in [4.78, 5) is 12.5. The van der Waals surface area contributed by atoms with Crippen molar-refractivity contribution in [3.05, 3.63) is 35.6 Å². The lowest BCUT2D eigenvalue weighted by Gasteiger charge is -2.23. The molecule has 1 N–H and O–H groups in total. The summed E-state index contributed by atoms with van der Waals surface area (Å²) in [7, 11) is 1.44. The number of hydrogen-bond donors (Lipinski definition) is 1. The number of nitrogens with one attached hydrogen (secondary N) is 1. The molecule has 0 spiro atoms. The third kappa shape index (κ3) is 4.90. The molecule has 0 aliphatic rings. The van der Waals surface area contributed by atoms with E-state index in [1.807, 2.05) is 0 Å². The molecular weight excluding hydrogens is 257 g/mol. The van der Waals surface area contributed by atoms with Crippen LogP contribution in [0.2, 0.25) is 0 Å². The molecule has 0 aliphatic carbocycles. The lowest BCUT2D eigenvalue weighted by Crippen LogP contribution is -2.40. The number of carbonyl (C=O) groups excluding carboxylic acids is 1. The van der Waals surface area contributed by atoms with Gasteiger partial charge in [-0.15, -0.1) is 0 Å². The molecule has 1 amide bonds. The van der Waals surface area contributed by atoms with Crippen molar-refractivity contribution in [3.63, 3.8) is 0 Å². The highest BCUT2D eigenvalue weighted by Gasteiger charge is 2.33. The van der Waals surface area contributed by atoms with Gasteiger partial charge in [-0.05, 0) is 26.1 Å². The van der Waals surface area contributed by atoms with E-state index in [0.29, 0.717) is 6.54 Å². The lowest BCUT2D eigenvalue weighted by atomic mass is 10.1. The minimum atomic E-state index is -3.13. The molecule has 1 aromatic rings. The number of halogens is 3. The Bertz CT molecular complexity index is 420. The van der Waals surface area contributed by atoms with Crippen LogP contribution in [0, 0.1) is 5.82 Å². The number of benzene rings is 1. The fourth-order valence-corrected chi connectivity index (χ4v) is 1.68. The second-order valence-electron chi connectivity index (χ2n) is 4.34. The minimum Gasteiger partial charge on any atom is -0.355 e. The normalized spacial score (nSPS) is 11.7. The van der Waals surface area contributed by atoms with E-state index in [0.717, 1.165) is 24.3 Å². The summed E-state index contributed by atoms with van der Waals surface area (Å²) in [6.45, 7) is 1.51. The van der Waals surface area contributed by atoms with Crippen LogP contribution in [-0.4, -0.2) is 37.5 Å². The number of hydrogen-bond acceptors (Lipinski definition) is 2. The van der Waals surface area contributed by atoms with Crippen molar-refractivity contribution in [2.24, 2.45) is 0 Å². The van der Waals surface area contributed by atoms with Crippen LogP contribution in [0.4, 0.5) is 13.2 Å². The Balaban J connectivity index is 2.63. The summed E-state index contributed by atoms with van der Waals surface area (Å²) in [5.41, 5.74) is -0.267. The largest absolute Gasteiger partial charge is 0.355 e. The van der Waals surface area contributed by atoms with Gasteiger partial charge in [-0.25, -0.2) is 4.39 Å². The van der Waals surface area contributed by atoms with Gasteiger partial charge in [0.15, 0.2) is 0 Å². The van der Waals surface area contributed by atoms with E-state index in [1.54, 1.807) is 6.92 Å². The van der Waals surface area contributed by atoms with Crippen LogP contribution in [0.3, 0.4) is 0 Å². The third-order valence-corrected chi connectivity index (χ3v) is 2.52. The standard InChI is InChI=1S/C13H17F3N2O/c1-3-17-12(19)8-18(2)9-13(15,16)10-4-6-11(14)7-5-10/h4-7H,3,8-9H2,1-2H3,(H,17,19). The highest BCUT2D eigenvalue weighted by atomic mass is 19.3. The molecule has 0 fully saturated rings. The lowest BCUT2D eigenvalue weighted by molar-refractivity contribution is -0.123. The number of amides is 1. The van der Waals surface area contributed by atoms with Crippen LogP contribution >= 0.6 is 0 Å². The first-order valence-electron chi connectivity index (χ1n) is 5.94. The number of nitrogens with zero attached hydrogens (tertiary/aromatic N) is 1. The first kappa shape index (κ1) is 15.5. The van der Waals surface area contributed by atoms with Crippen molar-refractivity contribution in [2.45, 2.75) is 12.8 Å². The van der Waals surface area contributed by atoms with E-state index in [2.05, 4.69) is 5.32 Å². The zero-order valence-corrected chi connectivity index (χ0v) is 10.9. The minimum absolute atomic E-state index is 0.107. The third-order valence-electron chi connectivity index (χ3n) is 2.52. The van der Waals surface area contributed by atoms with Gasteiger partial charge in [0.25, 0.3) is 5.92 Å². The highest BCUT2D eigenvalue weighted by Crippen LogP contribution is 2.28. The van der Waals surface area contributed by atoms with Gasteiger partial charge in [-0.3, -0.25) is 9.69 Å². The Hall–Kier alpha value is -1.56. The molecule has 0 unspecified atom stereocenters. The summed E-state index contributed by atoms with van der Waals surface area (Å²) in [5.74, 6) is -4.00. The average Bonchev–Trinajstić information content (AvgIpc) is 2.28. The Morgan fingerprint density at radius 3 is 2.42 bits per heavy atom. The molecule has 0 heterocycles. The Morgan fingerprint density at radius 2 is 1.89 bits per heavy atom. The van der Waals surface area contributed by atoms with Gasteiger partial charge in [0.2, 0.25) is 5.91 Å². The zero-order valence-electron chi connectivity index (χ0n) is 10.9. The van der Waals surface area contributed by atoms with E-state index in [4.69, 9.17) is 0 Å². The molecule has 106 valence electrons. The van der Waals surface area contributed by atoms with Gasteiger partial charge in [-0.1, -0.05) is 12.1 Å². The molecule has 3 nitrogen and oxygen atoms in total. The zero-order chi connectivity index (χ0) is 14.5. The molecule has 0 atom stereocenters. The smallest absolute Gasteiger partial charge is 0.285 e. The second-order valence-corrected chi connectivity index (χ2v) is 4.34. The van der Waals surface area contributed by atoms with E-state index in [9.17, 15) is 18.0 Å². The number of carbonyl (C=O) groups is 1. The SMILES string of the molecule is CCNC(=O)CN(C)CC(F)(F)c1ccc(F)cc1. The van der Waals surface area contributed by atoms with E-state index in [1.165, 1.54) is 11.9 Å². The molecule has 6 heteroatoms. The van der Waals surface area contributed by atoms with Crippen LogP contribution in [-0.2, 0) is 10.7 Å². The van der Waals surface area contributed by atoms with Gasteiger partial charge in [0, 0.05) is 12.1 Å². The summed E-state index contributed by atoms with van der Waals surface area (Å²) >= 11 is 0. The fourth-order valence-electron chi connectivity index (χ4n) is 1.68. The molecule has 0 aromatic heterocycles. The molecule has 0 bridgehead atoms. The maximum absolute atomic E-state index is 13.9. The first-order valence-corrected chi connectivity index (χ1v) is 5.94.